The zero-order chi connectivity index (χ0) is 14.0. The summed E-state index contributed by atoms with van der Waals surface area (Å²) in [5.74, 6) is 0.946. The van der Waals surface area contributed by atoms with Gasteiger partial charge in [-0.15, -0.1) is 0 Å². The normalized spacial score (nSPS) is 17.8. The Morgan fingerprint density at radius 1 is 1.21 bits per heavy atom. The minimum absolute atomic E-state index is 0.322. The van der Waals surface area contributed by atoms with Crippen LogP contribution >= 0.6 is 15.9 Å². The lowest BCUT2D eigenvalue weighted by molar-refractivity contribution is -0.146. The second-order valence-electron chi connectivity index (χ2n) is 4.27. The summed E-state index contributed by atoms with van der Waals surface area (Å²) in [6.07, 6.45) is -2.81. The Bertz CT molecular complexity index is 445. The van der Waals surface area contributed by atoms with Gasteiger partial charge in [-0.05, 0) is 15.9 Å². The lowest BCUT2D eigenvalue weighted by Crippen LogP contribution is -2.49. The fourth-order valence-corrected chi connectivity index (χ4v) is 2.42. The monoisotopic (exact) mass is 339 g/mol. The first-order valence-electron chi connectivity index (χ1n) is 5.67. The molecule has 0 unspecified atom stereocenters. The van der Waals surface area contributed by atoms with Gasteiger partial charge in [-0.25, -0.2) is 9.97 Å². The quantitative estimate of drug-likeness (QED) is 0.884. The van der Waals surface area contributed by atoms with Crippen LogP contribution in [0.25, 0.3) is 0 Å². The van der Waals surface area contributed by atoms with Crippen molar-refractivity contribution in [1.82, 2.24) is 14.9 Å². The van der Waals surface area contributed by atoms with Gasteiger partial charge in [0.1, 0.15) is 22.4 Å². The predicted octanol–water partition coefficient (Wildman–Crippen LogP) is 1.51. The fourth-order valence-electron chi connectivity index (χ4n) is 1.97. The van der Waals surface area contributed by atoms with Crippen LogP contribution in [-0.2, 0) is 0 Å². The lowest BCUT2D eigenvalue weighted by atomic mass is 10.3. The summed E-state index contributed by atoms with van der Waals surface area (Å²) in [5, 5.41) is 0. The topological polar surface area (TPSA) is 58.3 Å². The first-order valence-corrected chi connectivity index (χ1v) is 6.46. The maximum atomic E-state index is 12.3. The van der Waals surface area contributed by atoms with Gasteiger partial charge in [0.2, 0.25) is 0 Å². The van der Waals surface area contributed by atoms with E-state index in [1.807, 2.05) is 4.90 Å². The molecule has 0 atom stereocenters. The van der Waals surface area contributed by atoms with Crippen LogP contribution in [0.3, 0.4) is 0 Å². The van der Waals surface area contributed by atoms with E-state index in [0.29, 0.717) is 42.3 Å². The van der Waals surface area contributed by atoms with Crippen molar-refractivity contribution in [2.75, 3.05) is 43.4 Å². The molecule has 0 saturated carbocycles. The van der Waals surface area contributed by atoms with Crippen molar-refractivity contribution >= 4 is 27.6 Å². The summed E-state index contributed by atoms with van der Waals surface area (Å²) in [7, 11) is 0. The molecule has 1 aliphatic rings. The smallest absolute Gasteiger partial charge is 0.383 e. The molecule has 1 aromatic rings. The Hall–Kier alpha value is -1.09. The molecule has 0 spiro atoms. The van der Waals surface area contributed by atoms with E-state index < -0.39 is 12.7 Å². The number of nitrogens with zero attached hydrogens (tertiary/aromatic N) is 4. The Morgan fingerprint density at radius 3 is 2.42 bits per heavy atom. The van der Waals surface area contributed by atoms with Crippen molar-refractivity contribution in [2.45, 2.75) is 6.18 Å². The molecular weight excluding hydrogens is 327 g/mol. The van der Waals surface area contributed by atoms with E-state index in [1.54, 1.807) is 0 Å². The van der Waals surface area contributed by atoms with E-state index in [2.05, 4.69) is 25.9 Å². The van der Waals surface area contributed by atoms with Crippen LogP contribution in [0.4, 0.5) is 24.8 Å². The van der Waals surface area contributed by atoms with Gasteiger partial charge in [-0.1, -0.05) is 0 Å². The zero-order valence-corrected chi connectivity index (χ0v) is 11.6. The number of hydrogen-bond donors (Lipinski definition) is 1. The van der Waals surface area contributed by atoms with Crippen molar-refractivity contribution < 1.29 is 13.2 Å². The molecule has 9 heteroatoms. The summed E-state index contributed by atoms with van der Waals surface area (Å²) < 4.78 is 37.4. The van der Waals surface area contributed by atoms with E-state index in [9.17, 15) is 13.2 Å². The minimum Gasteiger partial charge on any atom is -0.383 e. The Labute approximate surface area is 116 Å². The molecule has 0 aliphatic carbocycles. The third kappa shape index (κ3) is 3.69. The first-order chi connectivity index (χ1) is 8.87. The third-order valence-electron chi connectivity index (χ3n) is 2.87. The van der Waals surface area contributed by atoms with E-state index in [0.717, 1.165) is 0 Å². The van der Waals surface area contributed by atoms with Crippen molar-refractivity contribution in [3.8, 4) is 0 Å². The highest BCUT2D eigenvalue weighted by molar-refractivity contribution is 9.10. The van der Waals surface area contributed by atoms with Crippen molar-refractivity contribution in [2.24, 2.45) is 0 Å². The minimum atomic E-state index is -4.15. The number of nitrogen functional groups attached to an aromatic ring is 1. The Balaban J connectivity index is 1.98. The Morgan fingerprint density at radius 2 is 1.84 bits per heavy atom. The summed E-state index contributed by atoms with van der Waals surface area (Å²) in [6, 6.07) is 0. The van der Waals surface area contributed by atoms with Crippen LogP contribution in [0.5, 0.6) is 0 Å². The predicted molar refractivity (Wildman–Crippen MR) is 68.9 cm³/mol. The molecule has 5 nitrogen and oxygen atoms in total. The molecule has 106 valence electrons. The number of nitrogens with two attached hydrogens (primary N) is 1. The van der Waals surface area contributed by atoms with Crippen molar-refractivity contribution in [1.29, 1.82) is 0 Å². The van der Waals surface area contributed by atoms with Gasteiger partial charge in [-0.3, -0.25) is 4.90 Å². The second-order valence-corrected chi connectivity index (χ2v) is 5.07. The summed E-state index contributed by atoms with van der Waals surface area (Å²) in [5.41, 5.74) is 5.65. The van der Waals surface area contributed by atoms with Gasteiger partial charge in [0.25, 0.3) is 0 Å². The van der Waals surface area contributed by atoms with Crippen molar-refractivity contribution in [3.05, 3.63) is 10.8 Å². The molecule has 2 N–H and O–H groups in total. The average molecular weight is 340 g/mol. The lowest BCUT2D eigenvalue weighted by Gasteiger charge is -2.35. The highest BCUT2D eigenvalue weighted by Gasteiger charge is 2.32. The number of alkyl halides is 3. The number of anilines is 2. The maximum Gasteiger partial charge on any atom is 0.401 e. The van der Waals surface area contributed by atoms with Crippen LogP contribution in [0, 0.1) is 0 Å². The van der Waals surface area contributed by atoms with Crippen molar-refractivity contribution in [3.63, 3.8) is 0 Å². The van der Waals surface area contributed by atoms with Gasteiger partial charge < -0.3 is 10.6 Å². The van der Waals surface area contributed by atoms with Gasteiger partial charge in [-0.2, -0.15) is 13.2 Å². The van der Waals surface area contributed by atoms with Gasteiger partial charge in [0, 0.05) is 26.2 Å². The van der Waals surface area contributed by atoms with Crippen LogP contribution in [-0.4, -0.2) is 53.8 Å². The van der Waals surface area contributed by atoms with E-state index in [1.165, 1.54) is 11.2 Å². The molecule has 0 aromatic carbocycles. The van der Waals surface area contributed by atoms with Crippen LogP contribution in [0.15, 0.2) is 10.8 Å². The molecule has 0 amide bonds. The number of halogens is 4. The van der Waals surface area contributed by atoms with E-state index in [-0.39, 0.29) is 0 Å². The molecule has 2 heterocycles. The number of aromatic nitrogens is 2. The van der Waals surface area contributed by atoms with Gasteiger partial charge in [0.15, 0.2) is 0 Å². The molecule has 1 saturated heterocycles. The highest BCUT2D eigenvalue weighted by atomic mass is 79.9. The largest absolute Gasteiger partial charge is 0.401 e. The van der Waals surface area contributed by atoms with E-state index >= 15 is 0 Å². The highest BCUT2D eigenvalue weighted by Crippen LogP contribution is 2.28. The summed E-state index contributed by atoms with van der Waals surface area (Å²) in [6.45, 7) is 0.774. The zero-order valence-electron chi connectivity index (χ0n) is 9.99. The standard InChI is InChI=1S/C10H13BrF3N5/c11-7-8(15)16-6-17-9(7)19-3-1-18(2-4-19)5-10(12,13)14/h6H,1-5H2,(H2,15,16,17). The molecule has 0 bridgehead atoms. The summed E-state index contributed by atoms with van der Waals surface area (Å²) in [4.78, 5) is 11.2. The molecule has 1 aliphatic heterocycles. The van der Waals surface area contributed by atoms with E-state index in [4.69, 9.17) is 5.73 Å². The number of piperazine rings is 1. The summed E-state index contributed by atoms with van der Waals surface area (Å²) >= 11 is 3.29. The molecule has 19 heavy (non-hydrogen) atoms. The molecule has 0 radical (unpaired) electrons. The first kappa shape index (κ1) is 14.3. The molecular formula is C10H13BrF3N5. The fraction of sp³-hybridized carbons (Fsp3) is 0.600. The molecule has 1 fully saturated rings. The number of hydrogen-bond acceptors (Lipinski definition) is 5. The maximum absolute atomic E-state index is 12.3. The number of rotatable bonds is 2. The molecule has 1 aromatic heterocycles. The van der Waals surface area contributed by atoms with Crippen LogP contribution in [0.2, 0.25) is 0 Å². The average Bonchev–Trinajstić information content (AvgIpc) is 2.32. The van der Waals surface area contributed by atoms with Gasteiger partial charge in [0.05, 0.1) is 6.54 Å². The Kier molecular flexibility index (Phi) is 4.14. The van der Waals surface area contributed by atoms with Crippen LogP contribution in [0.1, 0.15) is 0 Å². The second kappa shape index (κ2) is 5.49. The SMILES string of the molecule is Nc1ncnc(N2CCN(CC(F)(F)F)CC2)c1Br. The third-order valence-corrected chi connectivity index (χ3v) is 3.63. The molecule has 2 rings (SSSR count). The van der Waals surface area contributed by atoms with Gasteiger partial charge >= 0.3 is 6.18 Å². The van der Waals surface area contributed by atoms with Crippen LogP contribution < -0.4 is 10.6 Å².